The largest absolute Gasteiger partial charge is 0.426 e. The van der Waals surface area contributed by atoms with Crippen LogP contribution in [0.3, 0.4) is 0 Å². The predicted octanol–water partition coefficient (Wildman–Crippen LogP) is 4.08. The second-order valence-corrected chi connectivity index (χ2v) is 8.15. The normalized spacial score (nSPS) is 15.3. The highest BCUT2D eigenvalue weighted by Crippen LogP contribution is 2.42. The fraction of sp³-hybridized carbons (Fsp3) is 0.150. The van der Waals surface area contributed by atoms with E-state index in [9.17, 15) is 17.6 Å². The molecule has 2 aromatic carbocycles. The van der Waals surface area contributed by atoms with Crippen molar-refractivity contribution in [3.63, 3.8) is 0 Å². The minimum absolute atomic E-state index is 0.237. The van der Waals surface area contributed by atoms with Crippen LogP contribution in [-0.4, -0.2) is 20.6 Å². The average Bonchev–Trinajstić information content (AvgIpc) is 2.79. The van der Waals surface area contributed by atoms with Crippen LogP contribution in [0, 0.1) is 5.82 Å². The first-order valence-corrected chi connectivity index (χ1v) is 9.78. The molecule has 0 aliphatic heterocycles. The number of sulfone groups is 1. The zero-order valence-corrected chi connectivity index (χ0v) is 15.4. The smallest absolute Gasteiger partial charge is 0.308 e. The molecular weight excluding hydrogens is 355 g/mol. The molecule has 0 saturated heterocycles. The minimum atomic E-state index is -3.26. The molecule has 0 radical (unpaired) electrons. The predicted molar refractivity (Wildman–Crippen MR) is 98.2 cm³/mol. The summed E-state index contributed by atoms with van der Waals surface area (Å²) in [7, 11) is -3.26. The molecule has 0 fully saturated rings. The Morgan fingerprint density at radius 1 is 1.08 bits per heavy atom. The van der Waals surface area contributed by atoms with Crippen LogP contribution in [0.1, 0.15) is 30.5 Å². The van der Waals surface area contributed by atoms with E-state index >= 15 is 0 Å². The van der Waals surface area contributed by atoms with Crippen molar-refractivity contribution in [2.24, 2.45) is 0 Å². The molecule has 1 aliphatic carbocycles. The third kappa shape index (κ3) is 3.46. The van der Waals surface area contributed by atoms with E-state index in [1.54, 1.807) is 25.1 Å². The van der Waals surface area contributed by atoms with Crippen LogP contribution in [0.25, 0.3) is 17.4 Å². The Morgan fingerprint density at radius 2 is 1.73 bits per heavy atom. The fourth-order valence-corrected chi connectivity index (χ4v) is 3.54. The van der Waals surface area contributed by atoms with E-state index in [0.717, 1.165) is 23.0 Å². The number of rotatable bonds is 3. The lowest BCUT2D eigenvalue weighted by molar-refractivity contribution is -0.134. The van der Waals surface area contributed by atoms with Crippen molar-refractivity contribution in [3.05, 3.63) is 70.5 Å². The topological polar surface area (TPSA) is 60.4 Å². The molecule has 134 valence electrons. The summed E-state index contributed by atoms with van der Waals surface area (Å²) >= 11 is 0. The standard InChI is InChI=1S/C20H17FO4S/c1-12-18(10-14-4-7-16(8-5-14)26(3,23)24)17-9-6-15(21)11-19(17)20(12)25-13(2)22/h4-11H,1-3H3/b18-10+. The Balaban J connectivity index is 2.11. The molecule has 4 nitrogen and oxygen atoms in total. The minimum Gasteiger partial charge on any atom is -0.426 e. The van der Waals surface area contributed by atoms with Gasteiger partial charge in [-0.1, -0.05) is 18.2 Å². The van der Waals surface area contributed by atoms with Crippen molar-refractivity contribution >= 4 is 33.2 Å². The van der Waals surface area contributed by atoms with Gasteiger partial charge in [-0.25, -0.2) is 12.8 Å². The molecule has 3 rings (SSSR count). The number of carbonyl (C=O) groups is 1. The molecule has 26 heavy (non-hydrogen) atoms. The molecular formula is C20H17FO4S. The molecule has 0 saturated carbocycles. The Bertz CT molecular complexity index is 1060. The summed E-state index contributed by atoms with van der Waals surface area (Å²) < 4.78 is 42.1. The summed E-state index contributed by atoms with van der Waals surface area (Å²) in [5, 5.41) is 0. The van der Waals surface area contributed by atoms with Gasteiger partial charge in [0.2, 0.25) is 0 Å². The van der Waals surface area contributed by atoms with Gasteiger partial charge in [0, 0.05) is 24.3 Å². The molecule has 0 atom stereocenters. The van der Waals surface area contributed by atoms with E-state index in [4.69, 9.17) is 4.74 Å². The summed E-state index contributed by atoms with van der Waals surface area (Å²) in [6, 6.07) is 10.8. The lowest BCUT2D eigenvalue weighted by Crippen LogP contribution is -1.98. The summed E-state index contributed by atoms with van der Waals surface area (Å²) in [5.74, 6) is -0.556. The van der Waals surface area contributed by atoms with Gasteiger partial charge in [0.15, 0.2) is 9.84 Å². The van der Waals surface area contributed by atoms with Crippen LogP contribution >= 0.6 is 0 Å². The number of halogens is 1. The van der Waals surface area contributed by atoms with Crippen LogP contribution in [0.2, 0.25) is 0 Å². The summed E-state index contributed by atoms with van der Waals surface area (Å²) in [4.78, 5) is 11.6. The van der Waals surface area contributed by atoms with Gasteiger partial charge < -0.3 is 4.74 Å². The summed E-state index contributed by atoms with van der Waals surface area (Å²) in [6.45, 7) is 3.09. The molecule has 1 aliphatic rings. The zero-order chi connectivity index (χ0) is 19.1. The average molecular weight is 372 g/mol. The van der Waals surface area contributed by atoms with Gasteiger partial charge in [-0.15, -0.1) is 0 Å². The number of esters is 1. The van der Waals surface area contributed by atoms with Crippen molar-refractivity contribution in [1.29, 1.82) is 0 Å². The maximum absolute atomic E-state index is 13.7. The Labute approximate surface area is 151 Å². The number of hydrogen-bond acceptors (Lipinski definition) is 4. The molecule has 0 amide bonds. The van der Waals surface area contributed by atoms with Gasteiger partial charge in [-0.2, -0.15) is 0 Å². The molecule has 0 heterocycles. The number of fused-ring (bicyclic) bond motifs is 1. The van der Waals surface area contributed by atoms with Crippen molar-refractivity contribution in [3.8, 4) is 0 Å². The second-order valence-electron chi connectivity index (χ2n) is 6.14. The van der Waals surface area contributed by atoms with E-state index in [0.29, 0.717) is 16.9 Å². The molecule has 0 aromatic heterocycles. The Hall–Kier alpha value is -2.73. The van der Waals surface area contributed by atoms with Crippen LogP contribution < -0.4 is 0 Å². The SMILES string of the molecule is CC(=O)OC1=C(C)/C(=C\c2ccc(S(C)(=O)=O)cc2)c2ccc(F)cc21. The third-order valence-corrected chi connectivity index (χ3v) is 5.25. The number of carbonyl (C=O) groups excluding carboxylic acids is 1. The molecule has 6 heteroatoms. The van der Waals surface area contributed by atoms with Crippen LogP contribution in [0.4, 0.5) is 4.39 Å². The Morgan fingerprint density at radius 3 is 2.31 bits per heavy atom. The lowest BCUT2D eigenvalue weighted by atomic mass is 10.0. The van der Waals surface area contributed by atoms with Gasteiger partial charge >= 0.3 is 5.97 Å². The first-order valence-electron chi connectivity index (χ1n) is 7.88. The molecule has 2 aromatic rings. The third-order valence-electron chi connectivity index (χ3n) is 4.13. The molecule has 0 N–H and O–H groups in total. The van der Waals surface area contributed by atoms with Gasteiger partial charge in [-0.3, -0.25) is 4.79 Å². The first-order chi connectivity index (χ1) is 12.2. The van der Waals surface area contributed by atoms with Gasteiger partial charge in [-0.05, 0) is 54.0 Å². The molecule has 0 bridgehead atoms. The zero-order valence-electron chi connectivity index (χ0n) is 14.5. The number of hydrogen-bond donors (Lipinski definition) is 0. The van der Waals surface area contributed by atoms with Crippen LogP contribution in [0.15, 0.2) is 52.9 Å². The van der Waals surface area contributed by atoms with Crippen molar-refractivity contribution in [2.75, 3.05) is 6.26 Å². The Kier molecular flexibility index (Phi) is 4.54. The number of ether oxygens (including phenoxy) is 1. The van der Waals surface area contributed by atoms with E-state index in [2.05, 4.69) is 0 Å². The summed E-state index contributed by atoms with van der Waals surface area (Å²) in [5.41, 5.74) is 3.58. The van der Waals surface area contributed by atoms with Crippen molar-refractivity contribution < 1.29 is 22.3 Å². The van der Waals surface area contributed by atoms with E-state index in [1.807, 2.05) is 6.08 Å². The van der Waals surface area contributed by atoms with Gasteiger partial charge in [0.25, 0.3) is 0 Å². The van der Waals surface area contributed by atoms with E-state index in [1.165, 1.54) is 31.2 Å². The first kappa shape index (κ1) is 18.1. The lowest BCUT2D eigenvalue weighted by Gasteiger charge is -2.05. The van der Waals surface area contributed by atoms with Crippen LogP contribution in [0.5, 0.6) is 0 Å². The van der Waals surface area contributed by atoms with Crippen LogP contribution in [-0.2, 0) is 19.4 Å². The van der Waals surface area contributed by atoms with E-state index < -0.39 is 21.6 Å². The fourth-order valence-electron chi connectivity index (χ4n) is 2.90. The molecule has 0 spiro atoms. The highest BCUT2D eigenvalue weighted by Gasteiger charge is 2.26. The van der Waals surface area contributed by atoms with E-state index in [-0.39, 0.29) is 4.90 Å². The highest BCUT2D eigenvalue weighted by atomic mass is 32.2. The quantitative estimate of drug-likeness (QED) is 0.762. The number of benzene rings is 2. The summed E-state index contributed by atoms with van der Waals surface area (Å²) in [6.07, 6.45) is 3.01. The molecule has 0 unspecified atom stereocenters. The van der Waals surface area contributed by atoms with Crippen molar-refractivity contribution in [1.82, 2.24) is 0 Å². The second kappa shape index (κ2) is 6.53. The van der Waals surface area contributed by atoms with Gasteiger partial charge in [0.05, 0.1) is 4.90 Å². The number of allylic oxidation sites excluding steroid dienone is 2. The monoisotopic (exact) mass is 372 g/mol. The maximum atomic E-state index is 13.7. The van der Waals surface area contributed by atoms with Crippen molar-refractivity contribution in [2.45, 2.75) is 18.7 Å². The highest BCUT2D eigenvalue weighted by molar-refractivity contribution is 7.90. The van der Waals surface area contributed by atoms with Gasteiger partial charge in [0.1, 0.15) is 11.6 Å². The maximum Gasteiger partial charge on any atom is 0.308 e.